The Kier molecular flexibility index (Phi) is 4.66. The molecule has 0 aliphatic rings. The van der Waals surface area contributed by atoms with E-state index >= 15 is 0 Å². The monoisotopic (exact) mass is 351 g/mol. The Morgan fingerprint density at radius 2 is 1.95 bits per heavy atom. The summed E-state index contributed by atoms with van der Waals surface area (Å²) in [6.45, 7) is 12.2. The topological polar surface area (TPSA) is 55.6 Å². The third-order valence-electron chi connectivity index (χ3n) is 3.19. The molecule has 0 saturated heterocycles. The van der Waals surface area contributed by atoms with Crippen molar-refractivity contribution in [3.63, 3.8) is 0 Å². The third kappa shape index (κ3) is 3.26. The van der Waals surface area contributed by atoms with E-state index in [0.717, 1.165) is 34.8 Å². The van der Waals surface area contributed by atoms with E-state index < -0.39 is 0 Å². The molecule has 114 valence electrons. The van der Waals surface area contributed by atoms with Gasteiger partial charge in [0.25, 0.3) is 0 Å². The van der Waals surface area contributed by atoms with Gasteiger partial charge in [-0.2, -0.15) is 0 Å². The molecule has 0 bridgehead atoms. The zero-order valence-corrected chi connectivity index (χ0v) is 14.8. The predicted molar refractivity (Wildman–Crippen MR) is 89.5 cm³/mol. The lowest BCUT2D eigenvalue weighted by molar-refractivity contribution is 0.564. The van der Waals surface area contributed by atoms with Crippen molar-refractivity contribution in [1.29, 1.82) is 0 Å². The Labute approximate surface area is 134 Å². The summed E-state index contributed by atoms with van der Waals surface area (Å²) in [6, 6.07) is 0. The Hall–Kier alpha value is -1.43. The summed E-state index contributed by atoms with van der Waals surface area (Å²) in [5.41, 5.74) is 1.86. The fourth-order valence-corrected chi connectivity index (χ4v) is 3.01. The number of aryl methyl sites for hydroxylation is 1. The van der Waals surface area contributed by atoms with E-state index in [4.69, 9.17) is 4.98 Å². The molecule has 6 heteroatoms. The highest BCUT2D eigenvalue weighted by Gasteiger charge is 2.24. The van der Waals surface area contributed by atoms with Crippen LogP contribution in [-0.4, -0.2) is 26.1 Å². The van der Waals surface area contributed by atoms with Crippen molar-refractivity contribution in [1.82, 2.24) is 19.5 Å². The first-order chi connectivity index (χ1) is 9.88. The zero-order chi connectivity index (χ0) is 15.6. The quantitative estimate of drug-likeness (QED) is 0.908. The summed E-state index contributed by atoms with van der Waals surface area (Å²) in [6.07, 6.45) is 3.62. The molecular weight excluding hydrogens is 330 g/mol. The molecule has 1 N–H and O–H groups in total. The van der Waals surface area contributed by atoms with Crippen LogP contribution in [0.25, 0.3) is 11.5 Å². The van der Waals surface area contributed by atoms with Gasteiger partial charge in [-0.1, -0.05) is 20.8 Å². The van der Waals surface area contributed by atoms with Crippen LogP contribution in [0.5, 0.6) is 0 Å². The fraction of sp³-hybridized carbons (Fsp3) is 0.533. The van der Waals surface area contributed by atoms with Crippen molar-refractivity contribution < 1.29 is 0 Å². The number of nitrogens with one attached hydrogen (secondary N) is 1. The summed E-state index contributed by atoms with van der Waals surface area (Å²) in [4.78, 5) is 13.6. The third-order valence-corrected chi connectivity index (χ3v) is 3.94. The molecule has 0 fully saturated rings. The molecule has 0 saturated carbocycles. The molecule has 2 rings (SSSR count). The molecule has 0 atom stereocenters. The Morgan fingerprint density at radius 1 is 1.24 bits per heavy atom. The van der Waals surface area contributed by atoms with Gasteiger partial charge in [-0.15, -0.1) is 0 Å². The van der Waals surface area contributed by atoms with Crippen molar-refractivity contribution >= 4 is 21.7 Å². The molecule has 0 unspecified atom stereocenters. The highest BCUT2D eigenvalue weighted by Crippen LogP contribution is 2.34. The van der Waals surface area contributed by atoms with Crippen LogP contribution < -0.4 is 5.32 Å². The summed E-state index contributed by atoms with van der Waals surface area (Å²) in [7, 11) is 0. The number of hydrogen-bond donors (Lipinski definition) is 1. The zero-order valence-electron chi connectivity index (χ0n) is 13.2. The van der Waals surface area contributed by atoms with Crippen LogP contribution in [0.1, 0.15) is 40.3 Å². The second-order valence-corrected chi connectivity index (χ2v) is 6.70. The molecule has 2 aromatic heterocycles. The minimum atomic E-state index is -0.0717. The second-order valence-electron chi connectivity index (χ2n) is 5.90. The van der Waals surface area contributed by atoms with Crippen molar-refractivity contribution in [3.8, 4) is 11.5 Å². The number of anilines is 1. The van der Waals surface area contributed by atoms with Crippen LogP contribution in [0.15, 0.2) is 17.0 Å². The lowest BCUT2D eigenvalue weighted by Crippen LogP contribution is -2.18. The Balaban J connectivity index is 2.64. The molecule has 0 aliphatic heterocycles. The maximum Gasteiger partial charge on any atom is 0.180 e. The van der Waals surface area contributed by atoms with Gasteiger partial charge in [-0.05, 0) is 29.8 Å². The van der Waals surface area contributed by atoms with E-state index in [2.05, 4.69) is 65.8 Å². The average Bonchev–Trinajstić information content (AvgIpc) is 2.88. The van der Waals surface area contributed by atoms with Gasteiger partial charge in [0.15, 0.2) is 5.82 Å². The summed E-state index contributed by atoms with van der Waals surface area (Å²) in [5.74, 6) is 1.54. The molecule has 0 aromatic carbocycles. The molecular formula is C15H22BrN5. The summed E-state index contributed by atoms with van der Waals surface area (Å²) in [5, 5.41) is 3.30. The minimum Gasteiger partial charge on any atom is -0.369 e. The molecule has 0 aliphatic carbocycles. The molecule has 0 radical (unpaired) electrons. The highest BCUT2D eigenvalue weighted by atomic mass is 79.9. The first-order valence-electron chi connectivity index (χ1n) is 7.20. The number of halogens is 1. The van der Waals surface area contributed by atoms with Gasteiger partial charge in [-0.25, -0.2) is 15.0 Å². The molecule has 2 heterocycles. The smallest absolute Gasteiger partial charge is 0.180 e. The summed E-state index contributed by atoms with van der Waals surface area (Å²) < 4.78 is 2.98. The van der Waals surface area contributed by atoms with Crippen molar-refractivity contribution in [2.75, 3.05) is 11.9 Å². The van der Waals surface area contributed by atoms with E-state index in [1.165, 1.54) is 0 Å². The van der Waals surface area contributed by atoms with Gasteiger partial charge in [-0.3, -0.25) is 0 Å². The SMILES string of the molecule is CCNc1nc(-c2cncn2CC)nc(C(C)(C)C)c1Br. The van der Waals surface area contributed by atoms with E-state index in [1.807, 2.05) is 17.1 Å². The first kappa shape index (κ1) is 15.9. The predicted octanol–water partition coefficient (Wildman–Crippen LogP) is 3.85. The first-order valence-corrected chi connectivity index (χ1v) is 8.00. The molecule has 0 spiro atoms. The van der Waals surface area contributed by atoms with Gasteiger partial charge in [0.1, 0.15) is 11.5 Å². The molecule has 21 heavy (non-hydrogen) atoms. The van der Waals surface area contributed by atoms with Crippen LogP contribution >= 0.6 is 15.9 Å². The van der Waals surface area contributed by atoms with Gasteiger partial charge < -0.3 is 9.88 Å². The van der Waals surface area contributed by atoms with Gasteiger partial charge in [0.05, 0.1) is 22.7 Å². The lowest BCUT2D eigenvalue weighted by Gasteiger charge is -2.22. The van der Waals surface area contributed by atoms with Gasteiger partial charge in [0, 0.05) is 18.5 Å². The molecule has 2 aromatic rings. The number of aromatic nitrogens is 4. The van der Waals surface area contributed by atoms with Gasteiger partial charge in [0.2, 0.25) is 0 Å². The number of hydrogen-bond acceptors (Lipinski definition) is 4. The molecule has 0 amide bonds. The summed E-state index contributed by atoms with van der Waals surface area (Å²) >= 11 is 3.64. The van der Waals surface area contributed by atoms with Crippen LogP contribution in [-0.2, 0) is 12.0 Å². The van der Waals surface area contributed by atoms with E-state index in [1.54, 1.807) is 0 Å². The van der Waals surface area contributed by atoms with Crippen molar-refractivity contribution in [3.05, 3.63) is 22.7 Å². The van der Waals surface area contributed by atoms with E-state index in [0.29, 0.717) is 5.82 Å². The molecule has 5 nitrogen and oxygen atoms in total. The van der Waals surface area contributed by atoms with Crippen LogP contribution in [0.2, 0.25) is 0 Å². The lowest BCUT2D eigenvalue weighted by atomic mass is 9.92. The number of rotatable bonds is 4. The highest BCUT2D eigenvalue weighted by molar-refractivity contribution is 9.10. The van der Waals surface area contributed by atoms with Crippen molar-refractivity contribution in [2.24, 2.45) is 0 Å². The van der Waals surface area contributed by atoms with Gasteiger partial charge >= 0.3 is 0 Å². The van der Waals surface area contributed by atoms with Crippen LogP contribution in [0.3, 0.4) is 0 Å². The Bertz CT molecular complexity index is 627. The number of imidazole rings is 1. The maximum atomic E-state index is 4.78. The van der Waals surface area contributed by atoms with Crippen LogP contribution in [0.4, 0.5) is 5.82 Å². The standard InChI is InChI=1S/C15H22BrN5/c1-6-18-14-11(16)12(15(3,4)5)19-13(20-14)10-8-17-9-21(10)7-2/h8-9H,6-7H2,1-5H3,(H,18,19,20). The van der Waals surface area contributed by atoms with E-state index in [9.17, 15) is 0 Å². The van der Waals surface area contributed by atoms with E-state index in [-0.39, 0.29) is 5.41 Å². The average molecular weight is 352 g/mol. The normalized spacial score (nSPS) is 11.7. The number of nitrogens with zero attached hydrogens (tertiary/aromatic N) is 4. The largest absolute Gasteiger partial charge is 0.369 e. The maximum absolute atomic E-state index is 4.78. The van der Waals surface area contributed by atoms with Crippen molar-refractivity contribution in [2.45, 2.75) is 46.6 Å². The second kappa shape index (κ2) is 6.13. The Morgan fingerprint density at radius 3 is 2.52 bits per heavy atom. The minimum absolute atomic E-state index is 0.0717. The fourth-order valence-electron chi connectivity index (χ4n) is 2.10. The van der Waals surface area contributed by atoms with Crippen LogP contribution in [0, 0.1) is 0 Å².